The van der Waals surface area contributed by atoms with E-state index in [0.29, 0.717) is 0 Å². The number of hydrogen-bond acceptors (Lipinski definition) is 3. The summed E-state index contributed by atoms with van der Waals surface area (Å²) in [5.41, 5.74) is 0.741. The zero-order valence-corrected chi connectivity index (χ0v) is 15.6. The first-order valence-corrected chi connectivity index (χ1v) is 17.9. The quantitative estimate of drug-likeness (QED) is 0.757. The Morgan fingerprint density at radius 3 is 2.32 bits per heavy atom. The molecule has 0 aliphatic carbocycles. The molecule has 2 aromatic rings. The third-order valence-corrected chi connectivity index (χ3v) is 9.91. The van der Waals surface area contributed by atoms with Gasteiger partial charge in [0.25, 0.3) is 0 Å². The maximum absolute atomic E-state index is 11.9. The average Bonchev–Trinajstić information content (AvgIpc) is 2.66. The second-order valence-electron chi connectivity index (χ2n) is 5.73. The molecule has 0 saturated carbocycles. The summed E-state index contributed by atoms with van der Waals surface area (Å²) in [6.45, 7) is 0. The van der Waals surface area contributed by atoms with Gasteiger partial charge < -0.3 is 0 Å². The molecule has 0 amide bonds. The maximum atomic E-state index is 11.9. The van der Waals surface area contributed by atoms with Gasteiger partial charge in [-0.25, -0.2) is 0 Å². The van der Waals surface area contributed by atoms with E-state index in [0.717, 1.165) is 16.7 Å². The van der Waals surface area contributed by atoms with Crippen LogP contribution >= 0.6 is 0 Å². The van der Waals surface area contributed by atoms with Gasteiger partial charge in [0.05, 0.1) is 0 Å². The third kappa shape index (κ3) is 2.76. The van der Waals surface area contributed by atoms with Crippen LogP contribution in [0.15, 0.2) is 24.4 Å². The fourth-order valence-electron chi connectivity index (χ4n) is 2.18. The standard InChI is InChI=1S/C10H10NO3S.3CH3.Sn/c1-14-9-3-4-10-8(7-9)5-6-11(10)15(2,12)13;;;;/h3-4,6-7H,1-2H3;3*1H3;. The van der Waals surface area contributed by atoms with Gasteiger partial charge in [-0.1, -0.05) is 0 Å². The van der Waals surface area contributed by atoms with Crippen molar-refractivity contribution < 1.29 is 13.2 Å². The zero-order chi connectivity index (χ0) is 14.4. The Bertz CT molecular complexity index is 726. The Balaban J connectivity index is 2.89. The molecular formula is C13H19NO3SSn. The zero-order valence-electron chi connectivity index (χ0n) is 11.9. The van der Waals surface area contributed by atoms with Crippen LogP contribution in [0.4, 0.5) is 0 Å². The van der Waals surface area contributed by atoms with Gasteiger partial charge in [0.1, 0.15) is 0 Å². The molecule has 6 heteroatoms. The fourth-order valence-corrected chi connectivity index (χ4v) is 7.61. The average molecular weight is 388 g/mol. The molecule has 0 saturated heterocycles. The number of benzene rings is 1. The van der Waals surface area contributed by atoms with Crippen molar-refractivity contribution in [2.45, 2.75) is 14.8 Å². The number of rotatable bonds is 3. The van der Waals surface area contributed by atoms with Gasteiger partial charge >= 0.3 is 118 Å². The molecule has 0 N–H and O–H groups in total. The number of fused-ring (bicyclic) bond motifs is 1. The molecule has 1 aromatic heterocycles. The molecule has 0 fully saturated rings. The molecule has 0 aliphatic rings. The van der Waals surface area contributed by atoms with Crippen molar-refractivity contribution in [2.24, 2.45) is 0 Å². The van der Waals surface area contributed by atoms with Gasteiger partial charge in [0.2, 0.25) is 0 Å². The van der Waals surface area contributed by atoms with E-state index in [1.165, 1.54) is 13.8 Å². The van der Waals surface area contributed by atoms with Crippen molar-refractivity contribution in [3.05, 3.63) is 24.4 Å². The molecule has 1 aromatic carbocycles. The summed E-state index contributed by atoms with van der Waals surface area (Å²) in [7, 11) is -1.66. The molecule has 1 heterocycles. The predicted molar refractivity (Wildman–Crippen MR) is 81.7 cm³/mol. The van der Waals surface area contributed by atoms with Gasteiger partial charge in [-0.3, -0.25) is 0 Å². The summed E-state index contributed by atoms with van der Waals surface area (Å²) in [6.07, 6.45) is 3.04. The minimum absolute atomic E-state index is 0.741. The van der Waals surface area contributed by atoms with Gasteiger partial charge in [0, 0.05) is 0 Å². The van der Waals surface area contributed by atoms with Gasteiger partial charge in [-0.15, -0.1) is 0 Å². The number of nitrogens with zero attached hydrogens (tertiary/aromatic N) is 1. The molecule has 0 aliphatic heterocycles. The van der Waals surface area contributed by atoms with Crippen LogP contribution in [-0.4, -0.2) is 44.1 Å². The van der Waals surface area contributed by atoms with Gasteiger partial charge in [-0.05, 0) is 0 Å². The number of methoxy groups -OCH3 is 1. The monoisotopic (exact) mass is 389 g/mol. The van der Waals surface area contributed by atoms with Crippen LogP contribution in [0, 0.1) is 0 Å². The number of ether oxygens (including phenoxy) is 1. The van der Waals surface area contributed by atoms with Crippen LogP contribution < -0.4 is 8.32 Å². The van der Waals surface area contributed by atoms with E-state index in [1.807, 2.05) is 12.1 Å². The van der Waals surface area contributed by atoms with E-state index in [2.05, 4.69) is 14.8 Å². The van der Waals surface area contributed by atoms with Crippen LogP contribution in [0.5, 0.6) is 5.75 Å². The first kappa shape index (κ1) is 14.7. The Morgan fingerprint density at radius 2 is 1.84 bits per heavy atom. The van der Waals surface area contributed by atoms with Crippen molar-refractivity contribution in [3.8, 4) is 5.75 Å². The summed E-state index contributed by atoms with van der Waals surface area (Å²) in [5.74, 6) is 0.760. The summed E-state index contributed by atoms with van der Waals surface area (Å²) in [5, 5.41) is 1.01. The molecule has 0 radical (unpaired) electrons. The van der Waals surface area contributed by atoms with E-state index in [-0.39, 0.29) is 0 Å². The van der Waals surface area contributed by atoms with Crippen molar-refractivity contribution in [1.82, 2.24) is 3.97 Å². The summed E-state index contributed by atoms with van der Waals surface area (Å²) >= 11 is -2.40. The Morgan fingerprint density at radius 1 is 1.21 bits per heavy atom. The molecule has 19 heavy (non-hydrogen) atoms. The number of aromatic nitrogens is 1. The summed E-state index contributed by atoms with van der Waals surface area (Å²) in [4.78, 5) is 6.82. The van der Waals surface area contributed by atoms with Crippen LogP contribution in [0.1, 0.15) is 0 Å². The molecule has 2 rings (SSSR count). The molecule has 0 bridgehead atoms. The SMILES string of the molecule is COc1ccc2c(c1)[c]([Sn]([CH3])([CH3])[CH3])cn2S(C)(=O)=O. The Hall–Kier alpha value is -0.691. The minimum atomic E-state index is -3.28. The van der Waals surface area contributed by atoms with E-state index in [9.17, 15) is 8.42 Å². The molecular weight excluding hydrogens is 369 g/mol. The summed E-state index contributed by atoms with van der Waals surface area (Å²) in [6, 6.07) is 5.55. The van der Waals surface area contributed by atoms with E-state index in [4.69, 9.17) is 4.74 Å². The first-order chi connectivity index (χ1) is 8.64. The normalized spacial score (nSPS) is 12.9. The summed E-state index contributed by atoms with van der Waals surface area (Å²) < 4.78 is 31.6. The second-order valence-corrected chi connectivity index (χ2v) is 22.0. The Kier molecular flexibility index (Phi) is 3.64. The van der Waals surface area contributed by atoms with Crippen molar-refractivity contribution >= 4 is 42.9 Å². The molecule has 0 spiro atoms. The molecule has 0 atom stereocenters. The topological polar surface area (TPSA) is 48.3 Å². The van der Waals surface area contributed by atoms with E-state index < -0.39 is 28.4 Å². The van der Waals surface area contributed by atoms with Crippen molar-refractivity contribution in [2.75, 3.05) is 13.4 Å². The van der Waals surface area contributed by atoms with Gasteiger partial charge in [0.15, 0.2) is 0 Å². The first-order valence-electron chi connectivity index (χ1n) is 6.05. The van der Waals surface area contributed by atoms with E-state index >= 15 is 0 Å². The van der Waals surface area contributed by atoms with Crippen LogP contribution in [0.25, 0.3) is 10.9 Å². The third-order valence-electron chi connectivity index (χ3n) is 3.14. The van der Waals surface area contributed by atoms with Crippen LogP contribution in [-0.2, 0) is 10.0 Å². The molecule has 4 nitrogen and oxygen atoms in total. The molecule has 0 unspecified atom stereocenters. The molecule has 104 valence electrons. The second kappa shape index (κ2) is 4.70. The number of hydrogen-bond donors (Lipinski definition) is 0. The predicted octanol–water partition coefficient (Wildman–Crippen LogP) is 2.00. The van der Waals surface area contributed by atoms with Crippen LogP contribution in [0.2, 0.25) is 14.8 Å². The Labute approximate surface area is 118 Å². The van der Waals surface area contributed by atoms with E-state index in [1.54, 1.807) is 19.4 Å². The van der Waals surface area contributed by atoms with Crippen LogP contribution in [0.3, 0.4) is 0 Å². The fraction of sp³-hybridized carbons (Fsp3) is 0.385. The van der Waals surface area contributed by atoms with Gasteiger partial charge in [-0.2, -0.15) is 0 Å². The van der Waals surface area contributed by atoms with Crippen molar-refractivity contribution in [1.29, 1.82) is 0 Å². The van der Waals surface area contributed by atoms with Crippen molar-refractivity contribution in [3.63, 3.8) is 0 Å².